The summed E-state index contributed by atoms with van der Waals surface area (Å²) < 4.78 is 11.7. The van der Waals surface area contributed by atoms with E-state index in [1.165, 1.54) is 0 Å². The van der Waals surface area contributed by atoms with Gasteiger partial charge in [-0.15, -0.1) is 0 Å². The molecule has 1 saturated heterocycles. The molecule has 2 rings (SSSR count). The van der Waals surface area contributed by atoms with Crippen LogP contribution in [-0.2, 0) is 15.3 Å². The van der Waals surface area contributed by atoms with Crippen LogP contribution >= 0.6 is 0 Å². The molecule has 0 aromatic heterocycles. The van der Waals surface area contributed by atoms with Crippen LogP contribution in [0.3, 0.4) is 0 Å². The lowest BCUT2D eigenvalue weighted by Crippen LogP contribution is -2.41. The van der Waals surface area contributed by atoms with E-state index in [1.54, 1.807) is 12.1 Å². The molecule has 0 radical (unpaired) electrons. The monoisotopic (exact) mass is 249 g/mol. The largest absolute Gasteiger partial charge is 0.366 e. The minimum absolute atomic E-state index is 0.197. The highest BCUT2D eigenvalue weighted by Crippen LogP contribution is 2.46. The van der Waals surface area contributed by atoms with Crippen molar-refractivity contribution in [3.8, 4) is 0 Å². The summed E-state index contributed by atoms with van der Waals surface area (Å²) in [4.78, 5) is 11.1. The average Bonchev–Trinajstić information content (AvgIpc) is 2.78. The van der Waals surface area contributed by atoms with Crippen molar-refractivity contribution < 1.29 is 14.3 Å². The number of hydrogen-bond donors (Lipinski definition) is 1. The van der Waals surface area contributed by atoms with Gasteiger partial charge in [0.2, 0.25) is 5.91 Å². The fourth-order valence-electron chi connectivity index (χ4n) is 2.30. The normalized spacial score (nSPS) is 18.8. The van der Waals surface area contributed by atoms with Crippen molar-refractivity contribution in [3.63, 3.8) is 0 Å². The molecular weight excluding hydrogens is 230 g/mol. The standard InChI is InChI=1S/C14H19NO3/c1-13(2,3)14(17-8-9-18-14)11-6-4-10(5-7-11)12(15)16/h4-7H,8-9H2,1-3H3,(H2,15,16). The zero-order valence-electron chi connectivity index (χ0n) is 11.0. The van der Waals surface area contributed by atoms with E-state index in [0.717, 1.165) is 5.56 Å². The zero-order chi connectivity index (χ0) is 13.4. The molecule has 0 aliphatic carbocycles. The fourth-order valence-corrected chi connectivity index (χ4v) is 2.30. The quantitative estimate of drug-likeness (QED) is 0.872. The van der Waals surface area contributed by atoms with Crippen molar-refractivity contribution in [2.75, 3.05) is 13.2 Å². The molecule has 1 aromatic carbocycles. The van der Waals surface area contributed by atoms with Crippen molar-refractivity contribution in [2.45, 2.75) is 26.6 Å². The van der Waals surface area contributed by atoms with Gasteiger partial charge in [0.05, 0.1) is 13.2 Å². The lowest BCUT2D eigenvalue weighted by molar-refractivity contribution is -0.232. The molecule has 1 amide bonds. The molecule has 4 heteroatoms. The number of hydrogen-bond acceptors (Lipinski definition) is 3. The third kappa shape index (κ3) is 2.02. The number of amides is 1. The summed E-state index contributed by atoms with van der Waals surface area (Å²) in [7, 11) is 0. The molecule has 1 aliphatic heterocycles. The predicted octanol–water partition coefficient (Wildman–Crippen LogP) is 2.03. The van der Waals surface area contributed by atoms with Crippen LogP contribution in [0.4, 0.5) is 0 Å². The molecule has 0 atom stereocenters. The molecule has 1 aromatic rings. The number of benzene rings is 1. The van der Waals surface area contributed by atoms with Crippen LogP contribution in [0.2, 0.25) is 0 Å². The number of nitrogens with two attached hydrogens (primary N) is 1. The summed E-state index contributed by atoms with van der Waals surface area (Å²) in [6.07, 6.45) is 0. The highest BCUT2D eigenvalue weighted by Gasteiger charge is 2.48. The summed E-state index contributed by atoms with van der Waals surface area (Å²) in [6.45, 7) is 7.37. The van der Waals surface area contributed by atoms with Gasteiger partial charge >= 0.3 is 0 Å². The molecule has 4 nitrogen and oxygen atoms in total. The van der Waals surface area contributed by atoms with E-state index in [4.69, 9.17) is 15.2 Å². The van der Waals surface area contributed by atoms with E-state index in [1.807, 2.05) is 12.1 Å². The third-order valence-corrected chi connectivity index (χ3v) is 3.23. The summed E-state index contributed by atoms with van der Waals surface area (Å²) in [5.74, 6) is -1.18. The van der Waals surface area contributed by atoms with Crippen molar-refractivity contribution >= 4 is 5.91 Å². The van der Waals surface area contributed by atoms with Crippen LogP contribution in [0.25, 0.3) is 0 Å². The van der Waals surface area contributed by atoms with E-state index in [0.29, 0.717) is 18.8 Å². The molecule has 0 bridgehead atoms. The van der Waals surface area contributed by atoms with Gasteiger partial charge < -0.3 is 15.2 Å². The minimum atomic E-state index is -0.747. The molecule has 1 aliphatic rings. The summed E-state index contributed by atoms with van der Waals surface area (Å²) >= 11 is 0. The van der Waals surface area contributed by atoms with E-state index in [9.17, 15) is 4.79 Å². The van der Waals surface area contributed by atoms with Gasteiger partial charge in [0.1, 0.15) is 0 Å². The van der Waals surface area contributed by atoms with E-state index >= 15 is 0 Å². The highest BCUT2D eigenvalue weighted by atomic mass is 16.7. The van der Waals surface area contributed by atoms with Gasteiger partial charge in [-0.2, -0.15) is 0 Å². The number of carbonyl (C=O) groups is 1. The first-order chi connectivity index (χ1) is 8.37. The molecule has 1 heterocycles. The molecule has 98 valence electrons. The number of carbonyl (C=O) groups excluding carboxylic acids is 1. The Labute approximate surface area is 107 Å². The summed E-state index contributed by atoms with van der Waals surface area (Å²) in [6, 6.07) is 7.10. The van der Waals surface area contributed by atoms with Crippen molar-refractivity contribution in [1.82, 2.24) is 0 Å². The summed E-state index contributed by atoms with van der Waals surface area (Å²) in [5.41, 5.74) is 6.44. The van der Waals surface area contributed by atoms with Crippen LogP contribution in [0, 0.1) is 5.41 Å². The maximum Gasteiger partial charge on any atom is 0.248 e. The Hall–Kier alpha value is -1.39. The Balaban J connectivity index is 2.41. The smallest absolute Gasteiger partial charge is 0.248 e. The van der Waals surface area contributed by atoms with Gasteiger partial charge in [0.25, 0.3) is 0 Å². The Bertz CT molecular complexity index is 439. The molecule has 18 heavy (non-hydrogen) atoms. The maximum atomic E-state index is 11.1. The number of ether oxygens (including phenoxy) is 2. The van der Waals surface area contributed by atoms with Crippen LogP contribution in [0.1, 0.15) is 36.7 Å². The van der Waals surface area contributed by atoms with Crippen LogP contribution in [0.15, 0.2) is 24.3 Å². The molecule has 0 unspecified atom stereocenters. The van der Waals surface area contributed by atoms with Gasteiger partial charge in [-0.3, -0.25) is 4.79 Å². The van der Waals surface area contributed by atoms with Crippen LogP contribution in [-0.4, -0.2) is 19.1 Å². The second-order valence-corrected chi connectivity index (χ2v) is 5.51. The van der Waals surface area contributed by atoms with Gasteiger partial charge in [-0.1, -0.05) is 32.9 Å². The van der Waals surface area contributed by atoms with E-state index in [2.05, 4.69) is 20.8 Å². The van der Waals surface area contributed by atoms with Gasteiger partial charge in [-0.05, 0) is 12.1 Å². The summed E-state index contributed by atoms with van der Waals surface area (Å²) in [5, 5.41) is 0. The first-order valence-electron chi connectivity index (χ1n) is 6.05. The second kappa shape index (κ2) is 4.37. The molecule has 0 spiro atoms. The van der Waals surface area contributed by atoms with E-state index in [-0.39, 0.29) is 5.41 Å². The molecular formula is C14H19NO3. The van der Waals surface area contributed by atoms with Crippen LogP contribution < -0.4 is 5.73 Å². The fraction of sp³-hybridized carbons (Fsp3) is 0.500. The third-order valence-electron chi connectivity index (χ3n) is 3.23. The van der Waals surface area contributed by atoms with Gasteiger partial charge in [0, 0.05) is 16.5 Å². The molecule has 0 saturated carbocycles. The van der Waals surface area contributed by atoms with Crippen molar-refractivity contribution in [1.29, 1.82) is 0 Å². The van der Waals surface area contributed by atoms with Gasteiger partial charge in [-0.25, -0.2) is 0 Å². The Morgan fingerprint density at radius 3 is 2.06 bits per heavy atom. The lowest BCUT2D eigenvalue weighted by atomic mass is 9.80. The average molecular weight is 249 g/mol. The molecule has 2 N–H and O–H groups in total. The first-order valence-corrected chi connectivity index (χ1v) is 6.05. The highest BCUT2D eigenvalue weighted by molar-refractivity contribution is 5.92. The Morgan fingerprint density at radius 1 is 1.17 bits per heavy atom. The topological polar surface area (TPSA) is 61.6 Å². The van der Waals surface area contributed by atoms with Gasteiger partial charge in [0.15, 0.2) is 5.79 Å². The Morgan fingerprint density at radius 2 is 1.67 bits per heavy atom. The zero-order valence-corrected chi connectivity index (χ0v) is 11.0. The Kier molecular flexibility index (Phi) is 3.17. The maximum absolute atomic E-state index is 11.1. The van der Waals surface area contributed by atoms with Crippen LogP contribution in [0.5, 0.6) is 0 Å². The number of rotatable bonds is 2. The lowest BCUT2D eigenvalue weighted by Gasteiger charge is -2.39. The first kappa shape index (κ1) is 13.1. The number of primary amides is 1. The van der Waals surface area contributed by atoms with Crippen molar-refractivity contribution in [2.24, 2.45) is 11.1 Å². The SMILES string of the molecule is CC(C)(C)C1(c2ccc(C(N)=O)cc2)OCCO1. The minimum Gasteiger partial charge on any atom is -0.366 e. The second-order valence-electron chi connectivity index (χ2n) is 5.51. The molecule has 1 fully saturated rings. The van der Waals surface area contributed by atoms with Crippen molar-refractivity contribution in [3.05, 3.63) is 35.4 Å². The van der Waals surface area contributed by atoms with E-state index < -0.39 is 11.7 Å². The predicted molar refractivity (Wildman–Crippen MR) is 68.0 cm³/mol.